The van der Waals surface area contributed by atoms with Crippen molar-refractivity contribution < 1.29 is 9.84 Å². The molecular formula is C15H22O2. The fourth-order valence-corrected chi connectivity index (χ4v) is 2.77. The molecule has 0 spiro atoms. The summed E-state index contributed by atoms with van der Waals surface area (Å²) in [5.74, 6) is 1.06. The van der Waals surface area contributed by atoms with E-state index < -0.39 is 0 Å². The number of aliphatic hydroxyl groups is 1. The van der Waals surface area contributed by atoms with Crippen LogP contribution in [0.15, 0.2) is 18.2 Å². The molecular weight excluding hydrogens is 212 g/mol. The molecule has 0 bridgehead atoms. The SMILES string of the molecule is CC(O)CC(C)(C)c1cccc2c1OCCC2. The summed E-state index contributed by atoms with van der Waals surface area (Å²) in [4.78, 5) is 0. The molecule has 0 aromatic heterocycles. The molecule has 0 amide bonds. The third-order valence-corrected chi connectivity index (χ3v) is 3.47. The molecule has 2 rings (SSSR count). The number of para-hydroxylation sites is 1. The molecule has 2 heteroatoms. The second-order valence-corrected chi connectivity index (χ2v) is 5.68. The highest BCUT2D eigenvalue weighted by Gasteiger charge is 2.28. The van der Waals surface area contributed by atoms with E-state index in [1.807, 2.05) is 6.92 Å². The predicted molar refractivity (Wildman–Crippen MR) is 69.6 cm³/mol. The van der Waals surface area contributed by atoms with Gasteiger partial charge in [-0.25, -0.2) is 0 Å². The van der Waals surface area contributed by atoms with E-state index in [0.29, 0.717) is 0 Å². The normalized spacial score (nSPS) is 17.2. The van der Waals surface area contributed by atoms with Crippen molar-refractivity contribution in [2.45, 2.75) is 51.6 Å². The van der Waals surface area contributed by atoms with E-state index in [9.17, 15) is 5.11 Å². The first-order chi connectivity index (χ1) is 8.00. The molecule has 1 aromatic rings. The monoisotopic (exact) mass is 234 g/mol. The summed E-state index contributed by atoms with van der Waals surface area (Å²) in [7, 11) is 0. The summed E-state index contributed by atoms with van der Waals surface area (Å²) >= 11 is 0. The van der Waals surface area contributed by atoms with Gasteiger partial charge in [-0.3, -0.25) is 0 Å². The molecule has 1 heterocycles. The zero-order valence-corrected chi connectivity index (χ0v) is 11.0. The Balaban J connectivity index is 2.37. The second kappa shape index (κ2) is 4.69. The minimum atomic E-state index is -0.288. The molecule has 17 heavy (non-hydrogen) atoms. The molecule has 1 aliphatic heterocycles. The highest BCUT2D eigenvalue weighted by atomic mass is 16.5. The average Bonchev–Trinajstić information content (AvgIpc) is 2.26. The molecule has 1 aromatic carbocycles. The number of benzene rings is 1. The summed E-state index contributed by atoms with van der Waals surface area (Å²) < 4.78 is 5.84. The molecule has 94 valence electrons. The predicted octanol–water partition coefficient (Wildman–Crippen LogP) is 3.06. The maximum Gasteiger partial charge on any atom is 0.126 e. The van der Waals surface area contributed by atoms with E-state index >= 15 is 0 Å². The van der Waals surface area contributed by atoms with Gasteiger partial charge >= 0.3 is 0 Å². The van der Waals surface area contributed by atoms with Crippen LogP contribution < -0.4 is 4.74 Å². The number of ether oxygens (including phenoxy) is 1. The zero-order valence-electron chi connectivity index (χ0n) is 11.0. The Kier molecular flexibility index (Phi) is 3.43. The van der Waals surface area contributed by atoms with Crippen LogP contribution in [0, 0.1) is 0 Å². The topological polar surface area (TPSA) is 29.5 Å². The first-order valence-electron chi connectivity index (χ1n) is 6.44. The maximum absolute atomic E-state index is 9.61. The van der Waals surface area contributed by atoms with E-state index in [-0.39, 0.29) is 11.5 Å². The molecule has 1 aliphatic rings. The molecule has 0 aliphatic carbocycles. The van der Waals surface area contributed by atoms with E-state index in [2.05, 4.69) is 32.0 Å². The molecule has 0 radical (unpaired) electrons. The Morgan fingerprint density at radius 1 is 1.41 bits per heavy atom. The molecule has 0 fully saturated rings. The minimum Gasteiger partial charge on any atom is -0.493 e. The van der Waals surface area contributed by atoms with Crippen LogP contribution in [-0.2, 0) is 11.8 Å². The zero-order chi connectivity index (χ0) is 12.5. The van der Waals surface area contributed by atoms with E-state index in [1.165, 1.54) is 11.1 Å². The van der Waals surface area contributed by atoms with Gasteiger partial charge in [0.05, 0.1) is 12.7 Å². The summed E-state index contributed by atoms with van der Waals surface area (Å²) in [6, 6.07) is 6.38. The Labute approximate surface area is 104 Å². The number of rotatable bonds is 3. The first kappa shape index (κ1) is 12.4. The quantitative estimate of drug-likeness (QED) is 0.871. The minimum absolute atomic E-state index is 0.0448. The van der Waals surface area contributed by atoms with Crippen LogP contribution in [0.5, 0.6) is 5.75 Å². The van der Waals surface area contributed by atoms with Crippen LogP contribution in [0.4, 0.5) is 0 Å². The van der Waals surface area contributed by atoms with Crippen LogP contribution >= 0.6 is 0 Å². The highest BCUT2D eigenvalue weighted by molar-refractivity contribution is 5.46. The molecule has 0 saturated heterocycles. The van der Waals surface area contributed by atoms with Crippen LogP contribution in [-0.4, -0.2) is 17.8 Å². The number of hydrogen-bond donors (Lipinski definition) is 1. The lowest BCUT2D eigenvalue weighted by Gasteiger charge is -2.31. The van der Waals surface area contributed by atoms with Gasteiger partial charge in [0, 0.05) is 5.56 Å². The third kappa shape index (κ3) is 2.63. The Bertz CT molecular complexity index is 394. The van der Waals surface area contributed by atoms with E-state index in [0.717, 1.165) is 31.6 Å². The third-order valence-electron chi connectivity index (χ3n) is 3.47. The maximum atomic E-state index is 9.61. The van der Waals surface area contributed by atoms with Crippen molar-refractivity contribution in [2.24, 2.45) is 0 Å². The van der Waals surface area contributed by atoms with Gasteiger partial charge in [-0.2, -0.15) is 0 Å². The largest absolute Gasteiger partial charge is 0.493 e. The van der Waals surface area contributed by atoms with E-state index in [1.54, 1.807) is 0 Å². The van der Waals surface area contributed by atoms with Crippen molar-refractivity contribution in [2.75, 3.05) is 6.61 Å². The van der Waals surface area contributed by atoms with Gasteiger partial charge in [0.25, 0.3) is 0 Å². The van der Waals surface area contributed by atoms with Gasteiger partial charge in [0.15, 0.2) is 0 Å². The summed E-state index contributed by atoms with van der Waals surface area (Å²) in [5.41, 5.74) is 2.50. The van der Waals surface area contributed by atoms with Crippen molar-refractivity contribution in [1.82, 2.24) is 0 Å². The molecule has 1 N–H and O–H groups in total. The standard InChI is InChI=1S/C15H22O2/c1-11(16)10-15(2,3)13-8-4-6-12-7-5-9-17-14(12)13/h4,6,8,11,16H,5,7,9-10H2,1-3H3. The Hall–Kier alpha value is -1.02. The lowest BCUT2D eigenvalue weighted by molar-refractivity contribution is 0.155. The van der Waals surface area contributed by atoms with Gasteiger partial charge in [-0.1, -0.05) is 32.0 Å². The van der Waals surface area contributed by atoms with Crippen molar-refractivity contribution in [3.05, 3.63) is 29.3 Å². The van der Waals surface area contributed by atoms with Crippen LogP contribution in [0.25, 0.3) is 0 Å². The number of fused-ring (bicyclic) bond motifs is 1. The lowest BCUT2D eigenvalue weighted by atomic mass is 9.78. The average molecular weight is 234 g/mol. The van der Waals surface area contributed by atoms with Crippen molar-refractivity contribution >= 4 is 0 Å². The van der Waals surface area contributed by atoms with Gasteiger partial charge in [0.2, 0.25) is 0 Å². The lowest BCUT2D eigenvalue weighted by Crippen LogP contribution is -2.25. The van der Waals surface area contributed by atoms with Crippen LogP contribution in [0.3, 0.4) is 0 Å². The summed E-state index contributed by atoms with van der Waals surface area (Å²) in [6.45, 7) is 7.01. The van der Waals surface area contributed by atoms with Crippen molar-refractivity contribution in [3.8, 4) is 5.75 Å². The van der Waals surface area contributed by atoms with Gasteiger partial charge in [-0.15, -0.1) is 0 Å². The highest BCUT2D eigenvalue weighted by Crippen LogP contribution is 2.39. The van der Waals surface area contributed by atoms with Crippen LogP contribution in [0.2, 0.25) is 0 Å². The number of aliphatic hydroxyl groups excluding tert-OH is 1. The van der Waals surface area contributed by atoms with Gasteiger partial charge in [-0.05, 0) is 37.2 Å². The van der Waals surface area contributed by atoms with Gasteiger partial charge in [0.1, 0.15) is 5.75 Å². The fourth-order valence-electron chi connectivity index (χ4n) is 2.77. The van der Waals surface area contributed by atoms with Gasteiger partial charge < -0.3 is 9.84 Å². The van der Waals surface area contributed by atoms with Crippen LogP contribution in [0.1, 0.15) is 44.7 Å². The summed E-state index contributed by atoms with van der Waals surface area (Å²) in [6.07, 6.45) is 2.68. The molecule has 2 nitrogen and oxygen atoms in total. The van der Waals surface area contributed by atoms with Crippen molar-refractivity contribution in [3.63, 3.8) is 0 Å². The number of hydrogen-bond acceptors (Lipinski definition) is 2. The second-order valence-electron chi connectivity index (χ2n) is 5.68. The number of aryl methyl sites for hydroxylation is 1. The Morgan fingerprint density at radius 3 is 2.88 bits per heavy atom. The fraction of sp³-hybridized carbons (Fsp3) is 0.600. The Morgan fingerprint density at radius 2 is 2.18 bits per heavy atom. The molecule has 0 saturated carbocycles. The van der Waals surface area contributed by atoms with Crippen molar-refractivity contribution in [1.29, 1.82) is 0 Å². The smallest absolute Gasteiger partial charge is 0.126 e. The summed E-state index contributed by atoms with van der Waals surface area (Å²) in [5, 5.41) is 9.61. The molecule has 1 atom stereocenters. The molecule has 1 unspecified atom stereocenters. The van der Waals surface area contributed by atoms with E-state index in [4.69, 9.17) is 4.74 Å². The first-order valence-corrected chi connectivity index (χ1v) is 6.44.